The number of amides is 1. The first-order valence-electron chi connectivity index (χ1n) is 16.3. The number of thioether (sulfide) groups is 1. The summed E-state index contributed by atoms with van der Waals surface area (Å²) in [6, 6.07) is 18.0. The smallest absolute Gasteiger partial charge is 0.301 e. The normalized spacial score (nSPS) is 18.2. The zero-order chi connectivity index (χ0) is 33.8. The summed E-state index contributed by atoms with van der Waals surface area (Å²) >= 11 is 2.74. The average molecular weight is 686 g/mol. The summed E-state index contributed by atoms with van der Waals surface area (Å²) in [5.74, 6) is 0.638. The fourth-order valence-corrected chi connectivity index (χ4v) is 7.70. The van der Waals surface area contributed by atoms with E-state index in [1.54, 1.807) is 30.3 Å². The van der Waals surface area contributed by atoms with E-state index >= 15 is 0 Å². The summed E-state index contributed by atoms with van der Waals surface area (Å²) in [7, 11) is 0. The van der Waals surface area contributed by atoms with Gasteiger partial charge in [0.15, 0.2) is 15.8 Å². The Hall–Kier alpha value is -4.35. The quantitative estimate of drug-likeness (QED) is 0.0373. The minimum atomic E-state index is -0.982. The highest BCUT2D eigenvalue weighted by atomic mass is 32.2. The van der Waals surface area contributed by atoms with Crippen molar-refractivity contribution < 1.29 is 28.9 Å². The Bertz CT molecular complexity index is 1840. The molecule has 1 fully saturated rings. The predicted molar refractivity (Wildman–Crippen MR) is 188 cm³/mol. The number of ether oxygens (including phenoxy) is 3. The Morgan fingerprint density at radius 3 is 2.60 bits per heavy atom. The van der Waals surface area contributed by atoms with E-state index in [1.807, 2.05) is 26.8 Å². The zero-order valence-electron chi connectivity index (χ0n) is 27.5. The fourth-order valence-electron chi connectivity index (χ4n) is 5.87. The Kier molecular flexibility index (Phi) is 10.4. The van der Waals surface area contributed by atoms with Gasteiger partial charge in [0.2, 0.25) is 5.13 Å². The van der Waals surface area contributed by atoms with E-state index in [0.29, 0.717) is 52.4 Å². The third-order valence-corrected chi connectivity index (χ3v) is 10.4. The van der Waals surface area contributed by atoms with E-state index < -0.39 is 17.7 Å². The molecule has 0 unspecified atom stereocenters. The lowest BCUT2D eigenvalue weighted by atomic mass is 9.94. The van der Waals surface area contributed by atoms with Gasteiger partial charge in [-0.1, -0.05) is 78.8 Å². The van der Waals surface area contributed by atoms with Crippen molar-refractivity contribution in [3.8, 4) is 17.2 Å². The minimum absolute atomic E-state index is 0.0122. The summed E-state index contributed by atoms with van der Waals surface area (Å²) in [4.78, 5) is 29.1. The third-order valence-electron chi connectivity index (χ3n) is 8.29. The molecule has 1 amide bonds. The molecular formula is C37H39N3O6S2. The molecule has 0 bridgehead atoms. The molecule has 0 aliphatic carbocycles. The highest BCUT2D eigenvalue weighted by Gasteiger charge is 2.48. The van der Waals surface area contributed by atoms with E-state index in [0.717, 1.165) is 36.1 Å². The van der Waals surface area contributed by atoms with Crippen molar-refractivity contribution in [2.45, 2.75) is 75.6 Å². The van der Waals surface area contributed by atoms with Gasteiger partial charge in [0.1, 0.15) is 17.6 Å². The summed E-state index contributed by atoms with van der Waals surface area (Å²) in [6.07, 6.45) is 3.73. The number of hydrogen-bond donors (Lipinski definition) is 1. The van der Waals surface area contributed by atoms with E-state index in [4.69, 9.17) is 14.2 Å². The van der Waals surface area contributed by atoms with Gasteiger partial charge in [-0.3, -0.25) is 14.5 Å². The molecule has 1 aromatic heterocycles. The van der Waals surface area contributed by atoms with Crippen molar-refractivity contribution in [2.24, 2.45) is 0 Å². The van der Waals surface area contributed by atoms with Crippen LogP contribution in [-0.4, -0.2) is 46.3 Å². The predicted octanol–water partition coefficient (Wildman–Crippen LogP) is 8.06. The zero-order valence-corrected chi connectivity index (χ0v) is 29.2. The van der Waals surface area contributed by atoms with Gasteiger partial charge < -0.3 is 19.3 Å². The van der Waals surface area contributed by atoms with E-state index in [9.17, 15) is 14.7 Å². The molecule has 9 nitrogen and oxygen atoms in total. The van der Waals surface area contributed by atoms with Crippen molar-refractivity contribution in [2.75, 3.05) is 18.1 Å². The summed E-state index contributed by atoms with van der Waals surface area (Å²) in [6.45, 7) is 8.98. The van der Waals surface area contributed by atoms with Crippen molar-refractivity contribution in [1.29, 1.82) is 0 Å². The molecule has 6 rings (SSSR count). The number of fused-ring (bicyclic) bond motifs is 1. The van der Waals surface area contributed by atoms with Gasteiger partial charge >= 0.3 is 5.91 Å². The Balaban J connectivity index is 1.39. The minimum Gasteiger partial charge on any atom is -0.507 e. The van der Waals surface area contributed by atoms with Crippen molar-refractivity contribution in [3.63, 3.8) is 0 Å². The van der Waals surface area contributed by atoms with Crippen LogP contribution in [0.25, 0.3) is 5.76 Å². The summed E-state index contributed by atoms with van der Waals surface area (Å²) in [5, 5.41) is 20.8. The lowest BCUT2D eigenvalue weighted by Gasteiger charge is -2.23. The second-order valence-corrected chi connectivity index (χ2v) is 14.1. The molecule has 2 atom stereocenters. The van der Waals surface area contributed by atoms with Gasteiger partial charge in [-0.2, -0.15) is 0 Å². The maximum Gasteiger partial charge on any atom is 0.301 e. The molecule has 11 heteroatoms. The van der Waals surface area contributed by atoms with Crippen LogP contribution in [0.1, 0.15) is 73.9 Å². The number of aliphatic hydroxyl groups excluding tert-OH is 1. The van der Waals surface area contributed by atoms with Crippen LogP contribution in [0.5, 0.6) is 17.2 Å². The van der Waals surface area contributed by atoms with Crippen LogP contribution >= 0.6 is 23.1 Å². The van der Waals surface area contributed by atoms with Crippen LogP contribution in [0.4, 0.5) is 5.13 Å². The number of anilines is 1. The second kappa shape index (κ2) is 14.8. The van der Waals surface area contributed by atoms with Gasteiger partial charge in [-0.05, 0) is 74.2 Å². The molecule has 2 aliphatic rings. The first-order valence-corrected chi connectivity index (χ1v) is 18.1. The number of benzene rings is 3. The standard InChI is InChI=1S/C37H39N3O6S2/c1-5-7-8-17-45-29-16-13-25(20-30(29)44-6-2)32-31(33(41)26-14-15-28-27(19-26)18-23(4)46-28)34(42)35(43)40(32)36-38-39-37(48-36)47-21-24-11-9-22(3)10-12-24/h9-16,19-20,23,32,41H,5-8,17-18,21H2,1-4H3/t23-,32+/m0/s1. The van der Waals surface area contributed by atoms with Gasteiger partial charge in [0.25, 0.3) is 5.78 Å². The molecule has 48 heavy (non-hydrogen) atoms. The van der Waals surface area contributed by atoms with Gasteiger partial charge in [0, 0.05) is 17.7 Å². The Morgan fingerprint density at radius 2 is 1.83 bits per heavy atom. The highest BCUT2D eigenvalue weighted by Crippen LogP contribution is 2.46. The first kappa shape index (κ1) is 33.5. The molecule has 3 heterocycles. The fraction of sp³-hybridized carbons (Fsp3) is 0.351. The van der Waals surface area contributed by atoms with E-state index in [1.165, 1.54) is 33.6 Å². The van der Waals surface area contributed by atoms with Crippen molar-refractivity contribution >= 4 is 45.7 Å². The molecule has 250 valence electrons. The number of unbranched alkanes of at least 4 members (excludes halogenated alkanes) is 2. The molecule has 4 aromatic rings. The van der Waals surface area contributed by atoms with Crippen LogP contribution in [-0.2, 0) is 21.8 Å². The molecule has 1 N–H and O–H groups in total. The van der Waals surface area contributed by atoms with Crippen LogP contribution in [0.3, 0.4) is 0 Å². The topological polar surface area (TPSA) is 111 Å². The van der Waals surface area contributed by atoms with Crippen molar-refractivity contribution in [3.05, 3.63) is 94.1 Å². The number of ketones is 1. The molecule has 0 saturated carbocycles. The molecular weight excluding hydrogens is 647 g/mol. The monoisotopic (exact) mass is 685 g/mol. The average Bonchev–Trinajstić information content (AvgIpc) is 3.77. The largest absolute Gasteiger partial charge is 0.507 e. The number of aryl methyl sites for hydroxylation is 1. The summed E-state index contributed by atoms with van der Waals surface area (Å²) in [5.41, 5.74) is 4.22. The number of hydrogen-bond acceptors (Lipinski definition) is 10. The van der Waals surface area contributed by atoms with E-state index in [2.05, 4.69) is 41.4 Å². The summed E-state index contributed by atoms with van der Waals surface area (Å²) < 4.78 is 18.5. The maximum absolute atomic E-state index is 13.9. The van der Waals surface area contributed by atoms with Gasteiger partial charge in [-0.25, -0.2) is 0 Å². The highest BCUT2D eigenvalue weighted by molar-refractivity contribution is 8.00. The number of Topliss-reactive ketones (excluding diaryl/α,β-unsaturated/α-hetero) is 1. The lowest BCUT2D eigenvalue weighted by molar-refractivity contribution is -0.132. The van der Waals surface area contributed by atoms with Crippen molar-refractivity contribution in [1.82, 2.24) is 10.2 Å². The Morgan fingerprint density at radius 1 is 1.02 bits per heavy atom. The maximum atomic E-state index is 13.9. The van der Waals surface area contributed by atoms with Crippen LogP contribution in [0, 0.1) is 6.92 Å². The lowest BCUT2D eigenvalue weighted by Crippen LogP contribution is -2.29. The molecule has 3 aromatic carbocycles. The van der Waals surface area contributed by atoms with Gasteiger partial charge in [0.05, 0.1) is 24.8 Å². The van der Waals surface area contributed by atoms with E-state index in [-0.39, 0.29) is 22.6 Å². The second-order valence-electron chi connectivity index (χ2n) is 11.9. The van der Waals surface area contributed by atoms with Crippen LogP contribution in [0.2, 0.25) is 0 Å². The third kappa shape index (κ3) is 7.07. The van der Waals surface area contributed by atoms with Gasteiger partial charge in [-0.15, -0.1) is 10.2 Å². The number of carbonyl (C=O) groups is 2. The number of rotatable bonds is 13. The Labute approximate surface area is 288 Å². The number of carbonyl (C=O) groups excluding carboxylic acids is 2. The molecule has 2 aliphatic heterocycles. The number of aromatic nitrogens is 2. The SMILES string of the molecule is CCCCCOc1ccc([C@@H]2C(=C(O)c3ccc4c(c3)C[C@H](C)O4)C(=O)C(=O)N2c2nnc(SCc3ccc(C)cc3)s2)cc1OCC. The number of aliphatic hydroxyl groups is 1. The molecule has 0 spiro atoms. The number of nitrogens with zero attached hydrogens (tertiary/aromatic N) is 3. The van der Waals surface area contributed by atoms with Crippen LogP contribution in [0.15, 0.2) is 70.6 Å². The molecule has 1 saturated heterocycles. The van der Waals surface area contributed by atoms with Crippen LogP contribution < -0.4 is 19.1 Å². The first-order chi connectivity index (χ1) is 23.3. The molecule has 0 radical (unpaired) electrons.